The molecule has 6 nitrogen and oxygen atoms in total. The quantitative estimate of drug-likeness (QED) is 0.835. The molecule has 126 valence electrons. The van der Waals surface area contributed by atoms with Crippen LogP contribution in [-0.4, -0.2) is 34.7 Å². The van der Waals surface area contributed by atoms with Crippen LogP contribution in [-0.2, 0) is 4.74 Å². The Bertz CT molecular complexity index is 652. The minimum atomic E-state index is -0.528. The van der Waals surface area contributed by atoms with Crippen LogP contribution in [0, 0.1) is 18.8 Å². The second kappa shape index (κ2) is 6.18. The largest absolute Gasteiger partial charge is 0.443 e. The smallest absolute Gasteiger partial charge is 0.414 e. The van der Waals surface area contributed by atoms with Crippen LogP contribution in [0.5, 0.6) is 0 Å². The van der Waals surface area contributed by atoms with Crippen molar-refractivity contribution in [3.63, 3.8) is 0 Å². The standard InChI is InChI=1S/C17H26N4O2/c1-11-8-18-9-14(12(11)2)21-10-15(13(3)19-21)20(7)16(22)23-17(4,5)6/h8-12H,1-7H3/t11-,12-/m1/s1. The lowest BCUT2D eigenvalue weighted by atomic mass is 9.92. The summed E-state index contributed by atoms with van der Waals surface area (Å²) in [4.78, 5) is 18.0. The summed E-state index contributed by atoms with van der Waals surface area (Å²) in [5.41, 5.74) is 2.00. The Morgan fingerprint density at radius 3 is 2.61 bits per heavy atom. The number of aromatic nitrogens is 2. The van der Waals surface area contributed by atoms with Crippen LogP contribution in [0.3, 0.4) is 0 Å². The minimum Gasteiger partial charge on any atom is -0.443 e. The molecule has 0 N–H and O–H groups in total. The summed E-state index contributed by atoms with van der Waals surface area (Å²) in [5, 5.41) is 4.54. The number of amides is 1. The van der Waals surface area contributed by atoms with Crippen molar-refractivity contribution in [2.75, 3.05) is 11.9 Å². The molecule has 2 rings (SSSR count). The Kier molecular flexibility index (Phi) is 4.63. The van der Waals surface area contributed by atoms with Crippen molar-refractivity contribution in [2.45, 2.75) is 47.1 Å². The summed E-state index contributed by atoms with van der Waals surface area (Å²) >= 11 is 0. The first-order chi connectivity index (χ1) is 10.6. The molecule has 0 unspecified atom stereocenters. The van der Waals surface area contributed by atoms with E-state index >= 15 is 0 Å². The number of carbonyl (C=O) groups excluding carboxylic acids is 1. The first-order valence-corrected chi connectivity index (χ1v) is 7.87. The molecule has 0 bridgehead atoms. The van der Waals surface area contributed by atoms with E-state index in [0.717, 1.165) is 17.1 Å². The summed E-state index contributed by atoms with van der Waals surface area (Å²) < 4.78 is 7.22. The molecule has 1 amide bonds. The molecule has 2 heterocycles. The van der Waals surface area contributed by atoms with Crippen LogP contribution in [0.2, 0.25) is 0 Å². The molecule has 0 aliphatic carbocycles. The predicted octanol–water partition coefficient (Wildman–Crippen LogP) is 3.72. The number of anilines is 1. The number of ether oxygens (including phenoxy) is 1. The highest BCUT2D eigenvalue weighted by Crippen LogP contribution is 2.29. The normalized spacial score (nSPS) is 21.1. The zero-order valence-corrected chi connectivity index (χ0v) is 15.0. The van der Waals surface area contributed by atoms with Gasteiger partial charge in [-0.15, -0.1) is 0 Å². The van der Waals surface area contributed by atoms with Gasteiger partial charge in [0.1, 0.15) is 5.60 Å². The number of carbonyl (C=O) groups is 1. The molecular weight excluding hydrogens is 292 g/mol. The third-order valence-corrected chi connectivity index (χ3v) is 3.95. The van der Waals surface area contributed by atoms with Crippen molar-refractivity contribution in [3.8, 4) is 0 Å². The lowest BCUT2D eigenvalue weighted by Crippen LogP contribution is -2.34. The molecule has 0 fully saturated rings. The van der Waals surface area contributed by atoms with E-state index in [0.29, 0.717) is 11.8 Å². The van der Waals surface area contributed by atoms with Crippen LogP contribution < -0.4 is 4.90 Å². The molecule has 2 atom stereocenters. The Morgan fingerprint density at radius 1 is 1.35 bits per heavy atom. The highest BCUT2D eigenvalue weighted by molar-refractivity contribution is 5.88. The summed E-state index contributed by atoms with van der Waals surface area (Å²) in [7, 11) is 1.70. The van der Waals surface area contributed by atoms with Gasteiger partial charge in [-0.2, -0.15) is 5.10 Å². The van der Waals surface area contributed by atoms with E-state index in [1.807, 2.05) is 51.0 Å². The van der Waals surface area contributed by atoms with Gasteiger partial charge < -0.3 is 4.74 Å². The van der Waals surface area contributed by atoms with Crippen molar-refractivity contribution < 1.29 is 9.53 Å². The molecule has 0 aromatic carbocycles. The van der Waals surface area contributed by atoms with Gasteiger partial charge in [-0.05, 0) is 33.6 Å². The molecule has 0 saturated carbocycles. The minimum absolute atomic E-state index is 0.312. The first kappa shape index (κ1) is 17.2. The number of nitrogens with zero attached hydrogens (tertiary/aromatic N) is 4. The third-order valence-electron chi connectivity index (χ3n) is 3.95. The van der Waals surface area contributed by atoms with Crippen molar-refractivity contribution in [2.24, 2.45) is 16.8 Å². The number of allylic oxidation sites excluding steroid dienone is 1. The fourth-order valence-corrected chi connectivity index (χ4v) is 2.38. The maximum absolute atomic E-state index is 12.2. The van der Waals surface area contributed by atoms with Gasteiger partial charge in [0.05, 0.1) is 23.3 Å². The van der Waals surface area contributed by atoms with Gasteiger partial charge in [-0.25, -0.2) is 9.48 Å². The molecule has 6 heteroatoms. The van der Waals surface area contributed by atoms with Crippen molar-refractivity contribution >= 4 is 23.7 Å². The molecule has 1 aromatic heterocycles. The number of hydrogen-bond donors (Lipinski definition) is 0. The van der Waals surface area contributed by atoms with Crippen LogP contribution in [0.4, 0.5) is 10.5 Å². The van der Waals surface area contributed by atoms with Gasteiger partial charge in [-0.3, -0.25) is 9.89 Å². The maximum Gasteiger partial charge on any atom is 0.414 e. The van der Waals surface area contributed by atoms with Gasteiger partial charge in [0.25, 0.3) is 0 Å². The maximum atomic E-state index is 12.2. The van der Waals surface area contributed by atoms with E-state index in [-0.39, 0.29) is 0 Å². The average molecular weight is 318 g/mol. The molecule has 1 aliphatic rings. The molecular formula is C17H26N4O2. The zero-order valence-electron chi connectivity index (χ0n) is 15.0. The Hall–Kier alpha value is -2.11. The first-order valence-electron chi connectivity index (χ1n) is 7.87. The van der Waals surface area contributed by atoms with Crippen LogP contribution in [0.1, 0.15) is 40.3 Å². The Balaban J connectivity index is 2.26. The SMILES string of the molecule is Cc1nn(C2=CN=C[C@@H](C)[C@H]2C)cc1N(C)C(=O)OC(C)(C)C. The van der Waals surface area contributed by atoms with Crippen molar-refractivity contribution in [1.29, 1.82) is 0 Å². The number of aliphatic imine (C=N–C) groups is 1. The highest BCUT2D eigenvalue weighted by atomic mass is 16.6. The van der Waals surface area contributed by atoms with Gasteiger partial charge in [0.15, 0.2) is 0 Å². The summed E-state index contributed by atoms with van der Waals surface area (Å²) in [6, 6.07) is 0. The van der Waals surface area contributed by atoms with E-state index in [1.165, 1.54) is 4.90 Å². The van der Waals surface area contributed by atoms with E-state index in [1.54, 1.807) is 7.05 Å². The van der Waals surface area contributed by atoms with Crippen molar-refractivity contribution in [3.05, 3.63) is 18.1 Å². The lowest BCUT2D eigenvalue weighted by Gasteiger charge is -2.24. The molecule has 0 spiro atoms. The van der Waals surface area contributed by atoms with Gasteiger partial charge >= 0.3 is 6.09 Å². The molecule has 0 saturated heterocycles. The number of rotatable bonds is 2. The van der Waals surface area contributed by atoms with Crippen LogP contribution >= 0.6 is 0 Å². The predicted molar refractivity (Wildman–Crippen MR) is 92.7 cm³/mol. The van der Waals surface area contributed by atoms with Crippen LogP contribution in [0.15, 0.2) is 17.4 Å². The van der Waals surface area contributed by atoms with E-state index < -0.39 is 11.7 Å². The lowest BCUT2D eigenvalue weighted by molar-refractivity contribution is 0.0589. The Morgan fingerprint density at radius 2 is 2.00 bits per heavy atom. The number of hydrogen-bond acceptors (Lipinski definition) is 4. The van der Waals surface area contributed by atoms with Crippen LogP contribution in [0.25, 0.3) is 5.70 Å². The monoisotopic (exact) mass is 318 g/mol. The fourth-order valence-electron chi connectivity index (χ4n) is 2.38. The van der Waals surface area contributed by atoms with Gasteiger partial charge in [0.2, 0.25) is 0 Å². The zero-order chi connectivity index (χ0) is 17.4. The number of aryl methyl sites for hydroxylation is 1. The van der Waals surface area contributed by atoms with Gasteiger partial charge in [-0.1, -0.05) is 13.8 Å². The van der Waals surface area contributed by atoms with E-state index in [2.05, 4.69) is 23.9 Å². The van der Waals surface area contributed by atoms with Crippen molar-refractivity contribution in [1.82, 2.24) is 9.78 Å². The summed E-state index contributed by atoms with van der Waals surface area (Å²) in [6.45, 7) is 11.7. The topological polar surface area (TPSA) is 59.7 Å². The van der Waals surface area contributed by atoms with Gasteiger partial charge in [0, 0.05) is 25.4 Å². The highest BCUT2D eigenvalue weighted by Gasteiger charge is 2.25. The fraction of sp³-hybridized carbons (Fsp3) is 0.588. The van der Waals surface area contributed by atoms with E-state index in [9.17, 15) is 4.79 Å². The molecule has 0 radical (unpaired) electrons. The second-order valence-corrected chi connectivity index (χ2v) is 7.08. The molecule has 23 heavy (non-hydrogen) atoms. The molecule has 1 aromatic rings. The average Bonchev–Trinajstić information content (AvgIpc) is 2.81. The van der Waals surface area contributed by atoms with E-state index in [4.69, 9.17) is 4.74 Å². The summed E-state index contributed by atoms with van der Waals surface area (Å²) in [5.74, 6) is 0.665. The third kappa shape index (κ3) is 3.81. The Labute approximate surface area is 137 Å². The summed E-state index contributed by atoms with van der Waals surface area (Å²) in [6.07, 6.45) is 5.24. The molecule has 1 aliphatic heterocycles. The second-order valence-electron chi connectivity index (χ2n) is 7.08.